The molecule has 5 rings (SSSR count). The van der Waals surface area contributed by atoms with E-state index >= 15 is 0 Å². The van der Waals surface area contributed by atoms with Gasteiger partial charge in [-0.1, -0.05) is 30.7 Å². The number of nitrogens with zero attached hydrogens (tertiary/aromatic N) is 4. The number of aromatic nitrogens is 4. The van der Waals surface area contributed by atoms with Gasteiger partial charge in [-0.05, 0) is 50.5 Å². The Balaban J connectivity index is 1.54. The normalized spacial score (nSPS) is 14.9. The molecule has 0 spiro atoms. The molecule has 198 valence electrons. The molecular formula is C27H25ClF2N4O4. The Hall–Kier alpha value is -3.79. The van der Waals surface area contributed by atoms with Crippen LogP contribution in [0.3, 0.4) is 0 Å². The summed E-state index contributed by atoms with van der Waals surface area (Å²) in [6.07, 6.45) is 3.46. The number of hydrogen-bond acceptors (Lipinski definition) is 6. The lowest BCUT2D eigenvalue weighted by Gasteiger charge is -2.13. The molecule has 0 amide bonds. The second-order valence-electron chi connectivity index (χ2n) is 9.66. The van der Waals surface area contributed by atoms with Crippen LogP contribution in [0.2, 0.25) is 5.02 Å². The van der Waals surface area contributed by atoms with Gasteiger partial charge in [0.2, 0.25) is 5.88 Å². The molecule has 1 fully saturated rings. The molecule has 1 aliphatic carbocycles. The summed E-state index contributed by atoms with van der Waals surface area (Å²) < 4.78 is 42.1. The van der Waals surface area contributed by atoms with E-state index in [-0.39, 0.29) is 24.3 Å². The number of rotatable bonds is 10. The quantitative estimate of drug-likeness (QED) is 0.266. The SMILES string of the molecule is CC(CCOc1ccc(-c2nc3c(OC4(C)CC4)ncnc3n2Cc2cccc(F)c2F)c(Cl)c1)C(=O)O. The first-order valence-corrected chi connectivity index (χ1v) is 12.5. The molecule has 0 saturated heterocycles. The minimum atomic E-state index is -0.957. The summed E-state index contributed by atoms with van der Waals surface area (Å²) in [5.74, 6) is -2.21. The van der Waals surface area contributed by atoms with Gasteiger partial charge in [-0.3, -0.25) is 4.79 Å². The van der Waals surface area contributed by atoms with Crippen molar-refractivity contribution in [2.75, 3.05) is 6.61 Å². The number of imidazole rings is 1. The van der Waals surface area contributed by atoms with Gasteiger partial charge in [0.1, 0.15) is 23.5 Å². The van der Waals surface area contributed by atoms with Crippen LogP contribution in [0.15, 0.2) is 42.7 Å². The molecule has 0 bridgehead atoms. The van der Waals surface area contributed by atoms with Gasteiger partial charge in [-0.15, -0.1) is 0 Å². The molecule has 0 radical (unpaired) electrons. The first-order chi connectivity index (χ1) is 18.1. The third kappa shape index (κ3) is 5.26. The van der Waals surface area contributed by atoms with Gasteiger partial charge in [-0.25, -0.2) is 18.7 Å². The van der Waals surface area contributed by atoms with Crippen molar-refractivity contribution in [2.45, 2.75) is 45.3 Å². The lowest BCUT2D eigenvalue weighted by Crippen LogP contribution is -2.13. The van der Waals surface area contributed by atoms with Crippen LogP contribution in [0.4, 0.5) is 8.78 Å². The number of hydrogen-bond donors (Lipinski definition) is 1. The van der Waals surface area contributed by atoms with Gasteiger partial charge >= 0.3 is 5.97 Å². The third-order valence-electron chi connectivity index (χ3n) is 6.58. The van der Waals surface area contributed by atoms with Crippen molar-refractivity contribution in [1.82, 2.24) is 19.5 Å². The van der Waals surface area contributed by atoms with Crippen molar-refractivity contribution >= 4 is 28.7 Å². The van der Waals surface area contributed by atoms with Crippen LogP contribution < -0.4 is 9.47 Å². The van der Waals surface area contributed by atoms with Gasteiger partial charge in [0.25, 0.3) is 0 Å². The standard InChI is InChI=1S/C27H25ClF2N4O4/c1-15(26(35)36)8-11-37-17-6-7-18(19(28)12-17)23-33-22-24(31-14-32-25(22)38-27(2)9-10-27)34(23)13-16-4-3-5-20(29)21(16)30/h3-7,12,14-15H,8-11,13H2,1-2H3,(H,35,36). The number of carboxylic acid groups (broad SMARTS) is 1. The minimum Gasteiger partial charge on any atom is -0.494 e. The molecule has 1 N–H and O–H groups in total. The number of benzene rings is 2. The van der Waals surface area contributed by atoms with E-state index in [0.717, 1.165) is 18.9 Å². The maximum absolute atomic E-state index is 14.6. The topological polar surface area (TPSA) is 99.4 Å². The van der Waals surface area contributed by atoms with Crippen molar-refractivity contribution in [3.05, 3.63) is 64.9 Å². The van der Waals surface area contributed by atoms with E-state index in [1.807, 2.05) is 6.92 Å². The monoisotopic (exact) mass is 542 g/mol. The average Bonchev–Trinajstić information content (AvgIpc) is 3.49. The largest absolute Gasteiger partial charge is 0.494 e. The molecular weight excluding hydrogens is 518 g/mol. The van der Waals surface area contributed by atoms with Crippen LogP contribution in [-0.4, -0.2) is 42.8 Å². The van der Waals surface area contributed by atoms with E-state index in [9.17, 15) is 13.6 Å². The lowest BCUT2D eigenvalue weighted by atomic mass is 10.1. The zero-order valence-corrected chi connectivity index (χ0v) is 21.5. The molecule has 1 unspecified atom stereocenters. The summed E-state index contributed by atoms with van der Waals surface area (Å²) in [6.45, 7) is 3.73. The second kappa shape index (κ2) is 10.2. The highest BCUT2D eigenvalue weighted by Gasteiger charge is 2.41. The van der Waals surface area contributed by atoms with Gasteiger partial charge < -0.3 is 19.1 Å². The fourth-order valence-electron chi connectivity index (χ4n) is 3.94. The van der Waals surface area contributed by atoms with Crippen molar-refractivity contribution in [1.29, 1.82) is 0 Å². The number of ether oxygens (including phenoxy) is 2. The Morgan fingerprint density at radius 3 is 2.74 bits per heavy atom. The molecule has 2 aromatic heterocycles. The number of halogens is 3. The van der Waals surface area contributed by atoms with Gasteiger partial charge in [0.15, 0.2) is 22.8 Å². The fraction of sp³-hybridized carbons (Fsp3) is 0.333. The predicted molar refractivity (Wildman–Crippen MR) is 136 cm³/mol. The Bertz CT molecular complexity index is 1520. The summed E-state index contributed by atoms with van der Waals surface area (Å²) in [5, 5.41) is 9.35. The molecule has 8 nitrogen and oxygen atoms in total. The molecule has 1 saturated carbocycles. The van der Waals surface area contributed by atoms with Crippen molar-refractivity contribution in [3.63, 3.8) is 0 Å². The van der Waals surface area contributed by atoms with E-state index in [1.54, 1.807) is 29.7 Å². The van der Waals surface area contributed by atoms with Crippen LogP contribution in [0, 0.1) is 17.6 Å². The highest BCUT2D eigenvalue weighted by molar-refractivity contribution is 6.33. The van der Waals surface area contributed by atoms with Crippen molar-refractivity contribution < 1.29 is 28.2 Å². The van der Waals surface area contributed by atoms with Gasteiger partial charge in [0.05, 0.1) is 24.1 Å². The molecule has 2 heterocycles. The van der Waals surface area contributed by atoms with Gasteiger partial charge in [0, 0.05) is 11.1 Å². The number of fused-ring (bicyclic) bond motifs is 1. The number of carbonyl (C=O) groups is 1. The molecule has 0 aliphatic heterocycles. The molecule has 38 heavy (non-hydrogen) atoms. The minimum absolute atomic E-state index is 0.0647. The lowest BCUT2D eigenvalue weighted by molar-refractivity contribution is -0.141. The Labute approximate surface area is 222 Å². The average molecular weight is 543 g/mol. The maximum Gasteiger partial charge on any atom is 0.306 e. The molecule has 1 atom stereocenters. The summed E-state index contributed by atoms with van der Waals surface area (Å²) in [5.41, 5.74) is 1.07. The zero-order valence-electron chi connectivity index (χ0n) is 20.7. The predicted octanol–water partition coefficient (Wildman–Crippen LogP) is 5.89. The fourth-order valence-corrected chi connectivity index (χ4v) is 4.20. The van der Waals surface area contributed by atoms with Crippen LogP contribution in [0.25, 0.3) is 22.6 Å². The van der Waals surface area contributed by atoms with E-state index in [4.69, 9.17) is 31.2 Å². The van der Waals surface area contributed by atoms with Crippen LogP contribution in [0.1, 0.15) is 38.7 Å². The number of carboxylic acids is 1. The summed E-state index contributed by atoms with van der Waals surface area (Å²) in [7, 11) is 0. The molecule has 1 aliphatic rings. The highest BCUT2D eigenvalue weighted by Crippen LogP contribution is 2.41. The van der Waals surface area contributed by atoms with E-state index in [2.05, 4.69) is 9.97 Å². The number of aliphatic carboxylic acids is 1. The highest BCUT2D eigenvalue weighted by atomic mass is 35.5. The molecule has 2 aromatic carbocycles. The van der Waals surface area contributed by atoms with Crippen molar-refractivity contribution in [2.24, 2.45) is 5.92 Å². The zero-order chi connectivity index (χ0) is 27.0. The first-order valence-electron chi connectivity index (χ1n) is 12.1. The summed E-state index contributed by atoms with van der Waals surface area (Å²) in [4.78, 5) is 24.4. The van der Waals surface area contributed by atoms with E-state index < -0.39 is 23.5 Å². The Morgan fingerprint density at radius 1 is 1.24 bits per heavy atom. The molecule has 4 aromatic rings. The third-order valence-corrected chi connectivity index (χ3v) is 6.89. The van der Waals surface area contributed by atoms with Gasteiger partial charge in [-0.2, -0.15) is 4.98 Å². The summed E-state index contributed by atoms with van der Waals surface area (Å²) >= 11 is 6.64. The van der Waals surface area contributed by atoms with E-state index in [1.165, 1.54) is 18.5 Å². The van der Waals surface area contributed by atoms with E-state index in [0.29, 0.717) is 45.6 Å². The smallest absolute Gasteiger partial charge is 0.306 e. The van der Waals surface area contributed by atoms with Crippen LogP contribution in [0.5, 0.6) is 11.6 Å². The van der Waals surface area contributed by atoms with Crippen molar-refractivity contribution in [3.8, 4) is 23.0 Å². The van der Waals surface area contributed by atoms with Crippen LogP contribution >= 0.6 is 11.6 Å². The Kier molecular flexibility index (Phi) is 6.92. The maximum atomic E-state index is 14.6. The van der Waals surface area contributed by atoms with Crippen LogP contribution in [-0.2, 0) is 11.3 Å². The first kappa shape index (κ1) is 25.8. The summed E-state index contributed by atoms with van der Waals surface area (Å²) in [6, 6.07) is 8.98. The Morgan fingerprint density at radius 2 is 2.03 bits per heavy atom. The second-order valence-corrected chi connectivity index (χ2v) is 10.1. The molecule has 11 heteroatoms.